The third kappa shape index (κ3) is 2.35. The largest absolute Gasteiger partial charge is 0.465 e. The van der Waals surface area contributed by atoms with Gasteiger partial charge in [0.25, 0.3) is 0 Å². The minimum Gasteiger partial charge on any atom is -0.465 e. The van der Waals surface area contributed by atoms with Crippen LogP contribution in [0.4, 0.5) is 4.79 Å². The van der Waals surface area contributed by atoms with Gasteiger partial charge in [-0.15, -0.1) is 0 Å². The van der Waals surface area contributed by atoms with Gasteiger partial charge in [0.05, 0.1) is 19.3 Å². The zero-order chi connectivity index (χ0) is 8.97. The first-order valence-corrected chi connectivity index (χ1v) is 3.94. The number of hydrogen-bond acceptors (Lipinski definition) is 3. The van der Waals surface area contributed by atoms with Gasteiger partial charge in [0.2, 0.25) is 0 Å². The first-order valence-electron chi connectivity index (χ1n) is 3.94. The Bertz CT molecular complexity index is 161. The predicted octanol–water partition coefficient (Wildman–Crippen LogP) is -0.252. The number of rotatable bonds is 1. The molecular formula is C7H13NO4. The van der Waals surface area contributed by atoms with Crippen LogP contribution in [0.1, 0.15) is 6.42 Å². The molecule has 0 bridgehead atoms. The smallest absolute Gasteiger partial charge is 0.407 e. The Hall–Kier alpha value is -0.810. The standard InChI is InChI=1S/C7H13NO4/c9-5-6-1-2-8(7(10)11)3-4-12-6/h6,9H,1-5H2,(H,10,11). The summed E-state index contributed by atoms with van der Waals surface area (Å²) in [6.07, 6.45) is -0.547. The molecule has 0 aromatic carbocycles. The molecule has 2 N–H and O–H groups in total. The number of carboxylic acid groups (broad SMARTS) is 1. The van der Waals surface area contributed by atoms with Crippen LogP contribution in [0.3, 0.4) is 0 Å². The van der Waals surface area contributed by atoms with Gasteiger partial charge < -0.3 is 19.8 Å². The zero-order valence-corrected chi connectivity index (χ0v) is 6.77. The highest BCUT2D eigenvalue weighted by molar-refractivity contribution is 5.64. The molecule has 12 heavy (non-hydrogen) atoms. The van der Waals surface area contributed by atoms with Gasteiger partial charge in [0.15, 0.2) is 0 Å². The van der Waals surface area contributed by atoms with Crippen molar-refractivity contribution in [2.24, 2.45) is 0 Å². The minimum atomic E-state index is -0.919. The van der Waals surface area contributed by atoms with Crippen molar-refractivity contribution in [2.45, 2.75) is 12.5 Å². The lowest BCUT2D eigenvalue weighted by atomic mass is 10.2. The molecule has 1 atom stereocenters. The van der Waals surface area contributed by atoms with Crippen molar-refractivity contribution in [1.29, 1.82) is 0 Å². The molecule has 70 valence electrons. The molecule has 1 rings (SSSR count). The lowest BCUT2D eigenvalue weighted by molar-refractivity contribution is 0.0210. The molecule has 0 aromatic rings. The summed E-state index contributed by atoms with van der Waals surface area (Å²) in [5, 5.41) is 17.4. The quantitative estimate of drug-likeness (QED) is 0.576. The Labute approximate surface area is 70.5 Å². The van der Waals surface area contributed by atoms with Crippen LogP contribution in [-0.4, -0.2) is 53.6 Å². The third-order valence-corrected chi connectivity index (χ3v) is 1.91. The summed E-state index contributed by atoms with van der Waals surface area (Å²) in [4.78, 5) is 11.8. The van der Waals surface area contributed by atoms with Crippen LogP contribution in [-0.2, 0) is 4.74 Å². The molecule has 0 radical (unpaired) electrons. The maximum absolute atomic E-state index is 10.5. The topological polar surface area (TPSA) is 70.0 Å². The van der Waals surface area contributed by atoms with Crippen LogP contribution in [0, 0.1) is 0 Å². The lowest BCUT2D eigenvalue weighted by Crippen LogP contribution is -2.31. The summed E-state index contributed by atoms with van der Waals surface area (Å²) < 4.78 is 5.18. The maximum atomic E-state index is 10.5. The first kappa shape index (κ1) is 9.28. The number of nitrogens with zero attached hydrogens (tertiary/aromatic N) is 1. The molecule has 1 amide bonds. The van der Waals surface area contributed by atoms with E-state index in [0.717, 1.165) is 0 Å². The van der Waals surface area contributed by atoms with E-state index < -0.39 is 6.09 Å². The fraction of sp³-hybridized carbons (Fsp3) is 0.857. The third-order valence-electron chi connectivity index (χ3n) is 1.91. The van der Waals surface area contributed by atoms with E-state index in [4.69, 9.17) is 14.9 Å². The highest BCUT2D eigenvalue weighted by Crippen LogP contribution is 2.05. The fourth-order valence-corrected chi connectivity index (χ4v) is 1.16. The van der Waals surface area contributed by atoms with Crippen molar-refractivity contribution in [3.8, 4) is 0 Å². The van der Waals surface area contributed by atoms with Crippen molar-refractivity contribution in [3.05, 3.63) is 0 Å². The molecule has 1 heterocycles. The van der Waals surface area contributed by atoms with E-state index in [1.165, 1.54) is 4.90 Å². The Morgan fingerprint density at radius 3 is 2.92 bits per heavy atom. The molecule has 1 aliphatic heterocycles. The monoisotopic (exact) mass is 175 g/mol. The van der Waals surface area contributed by atoms with Crippen LogP contribution in [0.25, 0.3) is 0 Å². The SMILES string of the molecule is O=C(O)N1CCOC(CO)CC1. The maximum Gasteiger partial charge on any atom is 0.407 e. The molecular weight excluding hydrogens is 162 g/mol. The molecule has 1 unspecified atom stereocenters. The second-order valence-electron chi connectivity index (χ2n) is 2.73. The number of aliphatic hydroxyl groups excluding tert-OH is 1. The van der Waals surface area contributed by atoms with Crippen LogP contribution < -0.4 is 0 Å². The first-order chi connectivity index (χ1) is 5.74. The second-order valence-corrected chi connectivity index (χ2v) is 2.73. The van der Waals surface area contributed by atoms with Crippen LogP contribution >= 0.6 is 0 Å². The molecule has 0 aromatic heterocycles. The molecule has 1 saturated heterocycles. The highest BCUT2D eigenvalue weighted by Gasteiger charge is 2.19. The molecule has 0 saturated carbocycles. The van der Waals surface area contributed by atoms with Crippen molar-refractivity contribution in [1.82, 2.24) is 4.90 Å². The number of ether oxygens (including phenoxy) is 1. The lowest BCUT2D eigenvalue weighted by Gasteiger charge is -2.14. The van der Waals surface area contributed by atoms with E-state index in [1.807, 2.05) is 0 Å². The van der Waals surface area contributed by atoms with E-state index in [9.17, 15) is 4.79 Å². The zero-order valence-electron chi connectivity index (χ0n) is 6.77. The van der Waals surface area contributed by atoms with Gasteiger partial charge in [-0.25, -0.2) is 4.79 Å². The van der Waals surface area contributed by atoms with Crippen molar-refractivity contribution >= 4 is 6.09 Å². The van der Waals surface area contributed by atoms with E-state index in [-0.39, 0.29) is 12.7 Å². The van der Waals surface area contributed by atoms with Crippen LogP contribution in [0.2, 0.25) is 0 Å². The Morgan fingerprint density at radius 2 is 2.33 bits per heavy atom. The Kier molecular flexibility index (Phi) is 3.31. The molecule has 1 fully saturated rings. The number of aliphatic hydroxyl groups is 1. The van der Waals surface area contributed by atoms with Gasteiger partial charge in [-0.2, -0.15) is 0 Å². The fourth-order valence-electron chi connectivity index (χ4n) is 1.16. The second kappa shape index (κ2) is 4.27. The van der Waals surface area contributed by atoms with Gasteiger partial charge in [-0.1, -0.05) is 0 Å². The van der Waals surface area contributed by atoms with Gasteiger partial charge in [0.1, 0.15) is 0 Å². The average Bonchev–Trinajstić information content (AvgIpc) is 2.28. The van der Waals surface area contributed by atoms with Crippen LogP contribution in [0.15, 0.2) is 0 Å². The van der Waals surface area contributed by atoms with Crippen molar-refractivity contribution in [2.75, 3.05) is 26.3 Å². The van der Waals surface area contributed by atoms with E-state index in [1.54, 1.807) is 0 Å². The summed E-state index contributed by atoms with van der Waals surface area (Å²) in [5.41, 5.74) is 0. The van der Waals surface area contributed by atoms with E-state index in [0.29, 0.717) is 26.1 Å². The molecule has 5 heteroatoms. The van der Waals surface area contributed by atoms with Gasteiger partial charge in [0, 0.05) is 13.1 Å². The Balaban J connectivity index is 2.39. The van der Waals surface area contributed by atoms with Gasteiger partial charge in [-0.05, 0) is 6.42 Å². The predicted molar refractivity (Wildman–Crippen MR) is 41.0 cm³/mol. The summed E-state index contributed by atoms with van der Waals surface area (Å²) >= 11 is 0. The normalized spacial score (nSPS) is 25.1. The van der Waals surface area contributed by atoms with Crippen LogP contribution in [0.5, 0.6) is 0 Å². The van der Waals surface area contributed by atoms with Gasteiger partial charge in [-0.3, -0.25) is 0 Å². The summed E-state index contributed by atoms with van der Waals surface area (Å²) in [5.74, 6) is 0. The molecule has 5 nitrogen and oxygen atoms in total. The highest BCUT2D eigenvalue weighted by atomic mass is 16.5. The molecule has 0 spiro atoms. The molecule has 0 aliphatic carbocycles. The summed E-state index contributed by atoms with van der Waals surface area (Å²) in [6.45, 7) is 1.18. The summed E-state index contributed by atoms with van der Waals surface area (Å²) in [7, 11) is 0. The summed E-state index contributed by atoms with van der Waals surface area (Å²) in [6, 6.07) is 0. The minimum absolute atomic E-state index is 0.0343. The number of hydrogen-bond donors (Lipinski definition) is 2. The number of carbonyl (C=O) groups is 1. The van der Waals surface area contributed by atoms with E-state index in [2.05, 4.69) is 0 Å². The van der Waals surface area contributed by atoms with Crippen molar-refractivity contribution < 1.29 is 19.7 Å². The van der Waals surface area contributed by atoms with E-state index >= 15 is 0 Å². The average molecular weight is 175 g/mol. The Morgan fingerprint density at radius 1 is 1.58 bits per heavy atom. The van der Waals surface area contributed by atoms with Crippen molar-refractivity contribution in [3.63, 3.8) is 0 Å². The van der Waals surface area contributed by atoms with Gasteiger partial charge >= 0.3 is 6.09 Å². The molecule has 1 aliphatic rings. The number of amides is 1.